The van der Waals surface area contributed by atoms with Gasteiger partial charge in [-0.05, 0) is 64.7 Å². The predicted molar refractivity (Wildman–Crippen MR) is 116 cm³/mol. The van der Waals surface area contributed by atoms with Crippen molar-refractivity contribution in [1.82, 2.24) is 14.5 Å². The molecule has 0 bridgehead atoms. The first-order valence-electron chi connectivity index (χ1n) is 11.6. The van der Waals surface area contributed by atoms with Crippen LogP contribution >= 0.6 is 0 Å². The number of imide groups is 1. The number of fused-ring (bicyclic) bond motifs is 1. The zero-order chi connectivity index (χ0) is 23.3. The molecule has 9 nitrogen and oxygen atoms in total. The SMILES string of the molecule is CN1C(=O)N(CC(=O)C2CCC(C#N)CC2)C(=O)C2CC(S(=O)(=O)NC3(C)CC3)CCC21. The molecule has 1 aliphatic heterocycles. The number of nitriles is 1. The van der Waals surface area contributed by atoms with Gasteiger partial charge < -0.3 is 4.90 Å². The van der Waals surface area contributed by atoms with E-state index < -0.39 is 33.1 Å². The highest BCUT2D eigenvalue weighted by atomic mass is 32.2. The second-order valence-corrected chi connectivity index (χ2v) is 12.2. The van der Waals surface area contributed by atoms with E-state index in [0.717, 1.165) is 17.7 Å². The number of hydrogen-bond donors (Lipinski definition) is 1. The third-order valence-corrected chi connectivity index (χ3v) is 9.97. The molecule has 3 atom stereocenters. The number of carbonyl (C=O) groups excluding carboxylic acids is 3. The van der Waals surface area contributed by atoms with Crippen LogP contribution in [-0.4, -0.2) is 66.4 Å². The van der Waals surface area contributed by atoms with Crippen molar-refractivity contribution in [3.05, 3.63) is 0 Å². The van der Waals surface area contributed by atoms with E-state index in [9.17, 15) is 22.8 Å². The van der Waals surface area contributed by atoms with Crippen LogP contribution in [0.4, 0.5) is 4.79 Å². The molecule has 0 spiro atoms. The largest absolute Gasteiger partial charge is 0.327 e. The summed E-state index contributed by atoms with van der Waals surface area (Å²) < 4.78 is 28.6. The summed E-state index contributed by atoms with van der Waals surface area (Å²) in [5, 5.41) is 8.37. The van der Waals surface area contributed by atoms with E-state index in [2.05, 4.69) is 10.8 Å². The van der Waals surface area contributed by atoms with Gasteiger partial charge >= 0.3 is 6.03 Å². The Morgan fingerprint density at radius 2 is 1.81 bits per heavy atom. The number of carbonyl (C=O) groups is 3. The van der Waals surface area contributed by atoms with Crippen LogP contribution in [0, 0.1) is 29.1 Å². The quantitative estimate of drug-likeness (QED) is 0.638. The van der Waals surface area contributed by atoms with E-state index >= 15 is 0 Å². The average molecular weight is 465 g/mol. The number of hydrogen-bond acceptors (Lipinski definition) is 6. The van der Waals surface area contributed by atoms with Gasteiger partial charge in [-0.2, -0.15) is 5.26 Å². The van der Waals surface area contributed by atoms with Crippen molar-refractivity contribution in [2.75, 3.05) is 13.6 Å². The van der Waals surface area contributed by atoms with Crippen LogP contribution in [-0.2, 0) is 19.6 Å². The molecule has 4 rings (SSSR count). The average Bonchev–Trinajstić information content (AvgIpc) is 3.50. The second-order valence-electron chi connectivity index (χ2n) is 10.3. The first kappa shape index (κ1) is 23.2. The Morgan fingerprint density at radius 1 is 1.16 bits per heavy atom. The number of sulfonamides is 1. The van der Waals surface area contributed by atoms with Crippen molar-refractivity contribution in [1.29, 1.82) is 5.26 Å². The van der Waals surface area contributed by atoms with Crippen LogP contribution in [0.25, 0.3) is 0 Å². The van der Waals surface area contributed by atoms with Gasteiger partial charge in [-0.25, -0.2) is 17.9 Å². The van der Waals surface area contributed by atoms with Crippen LogP contribution in [0.1, 0.15) is 64.7 Å². The lowest BCUT2D eigenvalue weighted by Gasteiger charge is -2.46. The van der Waals surface area contributed by atoms with Crippen LogP contribution < -0.4 is 4.72 Å². The van der Waals surface area contributed by atoms with E-state index in [1.165, 1.54) is 4.90 Å². The molecule has 10 heteroatoms. The second kappa shape index (κ2) is 8.41. The Labute approximate surface area is 189 Å². The molecule has 1 heterocycles. The van der Waals surface area contributed by atoms with Gasteiger partial charge in [0.25, 0.3) is 0 Å². The molecule has 4 aliphatic rings. The number of Topliss-reactive ketones (excluding diaryl/α,β-unsaturated/α-hetero) is 1. The Morgan fingerprint density at radius 3 is 2.41 bits per heavy atom. The van der Waals surface area contributed by atoms with E-state index in [-0.39, 0.29) is 42.2 Å². The molecular weight excluding hydrogens is 432 g/mol. The number of rotatable bonds is 6. The summed E-state index contributed by atoms with van der Waals surface area (Å²) in [6, 6.07) is 1.42. The summed E-state index contributed by atoms with van der Waals surface area (Å²) in [6.07, 6.45) is 5.14. The third kappa shape index (κ3) is 4.42. The summed E-state index contributed by atoms with van der Waals surface area (Å²) in [5.74, 6) is -1.49. The highest BCUT2D eigenvalue weighted by molar-refractivity contribution is 7.90. The van der Waals surface area contributed by atoms with Crippen molar-refractivity contribution >= 4 is 27.7 Å². The fourth-order valence-electron chi connectivity index (χ4n) is 5.44. The molecule has 0 aromatic carbocycles. The Bertz CT molecular complexity index is 946. The molecule has 32 heavy (non-hydrogen) atoms. The van der Waals surface area contributed by atoms with E-state index in [1.807, 2.05) is 6.92 Å². The van der Waals surface area contributed by atoms with Gasteiger partial charge in [0, 0.05) is 30.5 Å². The van der Waals surface area contributed by atoms with Gasteiger partial charge in [0.15, 0.2) is 5.78 Å². The summed E-state index contributed by atoms with van der Waals surface area (Å²) >= 11 is 0. The van der Waals surface area contributed by atoms with Gasteiger partial charge in [-0.1, -0.05) is 0 Å². The lowest BCUT2D eigenvalue weighted by Crippen LogP contribution is -2.63. The van der Waals surface area contributed by atoms with Gasteiger partial charge in [-0.3, -0.25) is 14.5 Å². The molecule has 3 unspecified atom stereocenters. The zero-order valence-electron chi connectivity index (χ0n) is 18.7. The Hall–Kier alpha value is -1.99. The number of ketones is 1. The lowest BCUT2D eigenvalue weighted by atomic mass is 9.79. The zero-order valence-corrected chi connectivity index (χ0v) is 19.6. The molecule has 4 fully saturated rings. The first-order valence-corrected chi connectivity index (χ1v) is 13.1. The van der Waals surface area contributed by atoms with Crippen LogP contribution in [0.15, 0.2) is 0 Å². The minimum atomic E-state index is -3.57. The number of nitrogens with one attached hydrogen (secondary N) is 1. The molecule has 1 saturated heterocycles. The summed E-state index contributed by atoms with van der Waals surface area (Å²) in [4.78, 5) is 41.5. The highest BCUT2D eigenvalue weighted by Gasteiger charge is 2.51. The Balaban J connectivity index is 1.44. The smallest absolute Gasteiger partial charge is 0.324 e. The van der Waals surface area contributed by atoms with Gasteiger partial charge in [-0.15, -0.1) is 0 Å². The van der Waals surface area contributed by atoms with Gasteiger partial charge in [0.05, 0.1) is 23.8 Å². The molecular formula is C22H32N4O5S. The summed E-state index contributed by atoms with van der Waals surface area (Å²) in [5.41, 5.74) is -0.373. The highest BCUT2D eigenvalue weighted by Crippen LogP contribution is 2.40. The normalized spacial score (nSPS) is 34.6. The van der Waals surface area contributed by atoms with E-state index in [4.69, 9.17) is 5.26 Å². The maximum atomic E-state index is 13.3. The number of amides is 3. The minimum Gasteiger partial charge on any atom is -0.324 e. The van der Waals surface area contributed by atoms with Crippen molar-refractivity contribution in [3.63, 3.8) is 0 Å². The molecule has 0 aromatic heterocycles. The molecule has 1 N–H and O–H groups in total. The molecule has 3 saturated carbocycles. The van der Waals surface area contributed by atoms with E-state index in [0.29, 0.717) is 38.5 Å². The minimum absolute atomic E-state index is 0.0307. The standard InChI is InChI=1S/C22H32N4O5S/c1-22(9-10-22)24-32(30,31)16-7-8-18-17(11-16)20(28)26(21(29)25(18)2)13-19(27)15-5-3-14(12-23)4-6-15/h14-18,24H,3-11,13H2,1-2H3. The first-order chi connectivity index (χ1) is 15.0. The number of nitrogens with zero attached hydrogens (tertiary/aromatic N) is 3. The van der Waals surface area contributed by atoms with Crippen molar-refractivity contribution in [2.24, 2.45) is 17.8 Å². The third-order valence-electron chi connectivity index (χ3n) is 7.89. The molecule has 176 valence electrons. The maximum Gasteiger partial charge on any atom is 0.327 e. The van der Waals surface area contributed by atoms with Crippen molar-refractivity contribution in [3.8, 4) is 6.07 Å². The monoisotopic (exact) mass is 464 g/mol. The van der Waals surface area contributed by atoms with Gasteiger partial charge in [0.1, 0.15) is 0 Å². The van der Waals surface area contributed by atoms with E-state index in [1.54, 1.807) is 7.05 Å². The van der Waals surface area contributed by atoms with Crippen molar-refractivity contribution < 1.29 is 22.8 Å². The van der Waals surface area contributed by atoms with Crippen LogP contribution in [0.5, 0.6) is 0 Å². The maximum absolute atomic E-state index is 13.3. The summed E-state index contributed by atoms with van der Waals surface area (Å²) in [7, 11) is -1.94. The molecule has 0 aromatic rings. The topological polar surface area (TPSA) is 128 Å². The lowest BCUT2D eigenvalue weighted by molar-refractivity contribution is -0.143. The molecule has 3 amide bonds. The number of urea groups is 1. The van der Waals surface area contributed by atoms with Crippen LogP contribution in [0.3, 0.4) is 0 Å². The Kier molecular flexibility index (Phi) is 6.09. The van der Waals surface area contributed by atoms with Gasteiger partial charge in [0.2, 0.25) is 15.9 Å². The van der Waals surface area contributed by atoms with Crippen LogP contribution in [0.2, 0.25) is 0 Å². The predicted octanol–water partition coefficient (Wildman–Crippen LogP) is 1.79. The molecule has 3 aliphatic carbocycles. The van der Waals surface area contributed by atoms with Crippen molar-refractivity contribution in [2.45, 2.75) is 81.5 Å². The molecule has 0 radical (unpaired) electrons. The fourth-order valence-corrected chi connectivity index (χ4v) is 7.41. The fraction of sp³-hybridized carbons (Fsp3) is 0.818. The summed E-state index contributed by atoms with van der Waals surface area (Å²) in [6.45, 7) is 1.60.